The maximum atomic E-state index is 11.2. The van der Waals surface area contributed by atoms with E-state index in [2.05, 4.69) is 11.4 Å². The lowest BCUT2D eigenvalue weighted by molar-refractivity contribution is 0.0697. The summed E-state index contributed by atoms with van der Waals surface area (Å²) in [5, 5.41) is 21.8. The molecule has 25 heavy (non-hydrogen) atoms. The van der Waals surface area contributed by atoms with Gasteiger partial charge in [-0.25, -0.2) is 4.79 Å². The zero-order valence-corrected chi connectivity index (χ0v) is 13.4. The maximum Gasteiger partial charge on any atom is 0.335 e. The van der Waals surface area contributed by atoms with Gasteiger partial charge in [-0.1, -0.05) is 48.5 Å². The standard InChI is InChI=1S/C21H16N2O2/c22-13-19-10-9-17(16-7-4-8-18(11-16)21(24)25)12-20(19)23-14-15-5-2-1-3-6-15/h1-12,23H,14H2,(H,24,25). The molecule has 3 aromatic rings. The van der Waals surface area contributed by atoms with Crippen molar-refractivity contribution >= 4 is 11.7 Å². The van der Waals surface area contributed by atoms with Crippen molar-refractivity contribution in [2.45, 2.75) is 6.54 Å². The summed E-state index contributed by atoms with van der Waals surface area (Å²) in [5.41, 5.74) is 4.29. The second-order valence-electron chi connectivity index (χ2n) is 5.60. The molecule has 0 amide bonds. The molecular weight excluding hydrogens is 312 g/mol. The van der Waals surface area contributed by atoms with E-state index in [1.165, 1.54) is 0 Å². The van der Waals surface area contributed by atoms with Crippen LogP contribution in [0.2, 0.25) is 0 Å². The largest absolute Gasteiger partial charge is 0.478 e. The minimum atomic E-state index is -0.960. The Morgan fingerprint density at radius 1 is 0.960 bits per heavy atom. The number of anilines is 1. The second kappa shape index (κ2) is 7.33. The topological polar surface area (TPSA) is 73.1 Å². The van der Waals surface area contributed by atoms with Crippen molar-refractivity contribution < 1.29 is 9.90 Å². The van der Waals surface area contributed by atoms with E-state index >= 15 is 0 Å². The van der Waals surface area contributed by atoms with E-state index < -0.39 is 5.97 Å². The lowest BCUT2D eigenvalue weighted by atomic mass is 10.0. The van der Waals surface area contributed by atoms with Crippen LogP contribution >= 0.6 is 0 Å². The van der Waals surface area contributed by atoms with Crippen LogP contribution in [0.25, 0.3) is 11.1 Å². The molecule has 0 unspecified atom stereocenters. The number of hydrogen-bond donors (Lipinski definition) is 2. The zero-order chi connectivity index (χ0) is 17.6. The monoisotopic (exact) mass is 328 g/mol. The molecule has 0 saturated heterocycles. The zero-order valence-electron chi connectivity index (χ0n) is 13.4. The van der Waals surface area contributed by atoms with Gasteiger partial charge in [-0.15, -0.1) is 0 Å². The predicted octanol–water partition coefficient (Wildman–Crippen LogP) is 4.54. The number of rotatable bonds is 5. The minimum Gasteiger partial charge on any atom is -0.478 e. The summed E-state index contributed by atoms with van der Waals surface area (Å²) in [4.78, 5) is 11.2. The van der Waals surface area contributed by atoms with Gasteiger partial charge >= 0.3 is 5.97 Å². The van der Waals surface area contributed by atoms with Crippen molar-refractivity contribution in [1.29, 1.82) is 5.26 Å². The Kier molecular flexibility index (Phi) is 4.77. The van der Waals surface area contributed by atoms with Crippen molar-refractivity contribution in [1.82, 2.24) is 0 Å². The summed E-state index contributed by atoms with van der Waals surface area (Å²) in [7, 11) is 0. The summed E-state index contributed by atoms with van der Waals surface area (Å²) in [5.74, 6) is -0.960. The molecule has 4 heteroatoms. The fourth-order valence-electron chi connectivity index (χ4n) is 2.59. The van der Waals surface area contributed by atoms with E-state index in [4.69, 9.17) is 5.11 Å². The second-order valence-corrected chi connectivity index (χ2v) is 5.60. The third kappa shape index (κ3) is 3.85. The van der Waals surface area contributed by atoms with Crippen LogP contribution in [0.15, 0.2) is 72.8 Å². The minimum absolute atomic E-state index is 0.237. The van der Waals surface area contributed by atoms with Crippen LogP contribution < -0.4 is 5.32 Å². The summed E-state index contributed by atoms with van der Waals surface area (Å²) in [6, 6.07) is 24.3. The van der Waals surface area contributed by atoms with Crippen LogP contribution in [0.4, 0.5) is 5.69 Å². The van der Waals surface area contributed by atoms with E-state index in [9.17, 15) is 10.1 Å². The number of carboxylic acid groups (broad SMARTS) is 1. The first kappa shape index (κ1) is 16.3. The molecule has 0 aromatic heterocycles. The van der Waals surface area contributed by atoms with Gasteiger partial charge in [0.25, 0.3) is 0 Å². The Morgan fingerprint density at radius 3 is 2.44 bits per heavy atom. The van der Waals surface area contributed by atoms with Gasteiger partial charge in [0.1, 0.15) is 6.07 Å². The normalized spacial score (nSPS) is 10.0. The highest BCUT2D eigenvalue weighted by molar-refractivity contribution is 5.89. The Hall–Kier alpha value is -3.58. The van der Waals surface area contributed by atoms with Crippen molar-refractivity contribution in [3.63, 3.8) is 0 Å². The maximum absolute atomic E-state index is 11.2. The lowest BCUT2D eigenvalue weighted by Crippen LogP contribution is -2.01. The molecule has 0 bridgehead atoms. The number of nitrogens with zero attached hydrogens (tertiary/aromatic N) is 1. The van der Waals surface area contributed by atoms with Gasteiger partial charge in [0.05, 0.1) is 16.8 Å². The average molecular weight is 328 g/mol. The number of hydrogen-bond acceptors (Lipinski definition) is 3. The van der Waals surface area contributed by atoms with E-state index in [0.29, 0.717) is 12.1 Å². The molecular formula is C21H16N2O2. The predicted molar refractivity (Wildman–Crippen MR) is 97.3 cm³/mol. The van der Waals surface area contributed by atoms with E-state index in [1.807, 2.05) is 48.5 Å². The summed E-state index contributed by atoms with van der Waals surface area (Å²) >= 11 is 0. The molecule has 0 atom stereocenters. The summed E-state index contributed by atoms with van der Waals surface area (Å²) < 4.78 is 0. The Labute approximate surface area is 146 Å². The first-order valence-corrected chi connectivity index (χ1v) is 7.83. The summed E-state index contributed by atoms with van der Waals surface area (Å²) in [6.07, 6.45) is 0. The van der Waals surface area contributed by atoms with E-state index in [0.717, 1.165) is 22.4 Å². The third-order valence-corrected chi connectivity index (χ3v) is 3.91. The van der Waals surface area contributed by atoms with Crippen molar-refractivity contribution in [2.75, 3.05) is 5.32 Å². The number of aromatic carboxylic acids is 1. The molecule has 0 saturated carbocycles. The molecule has 3 rings (SSSR count). The third-order valence-electron chi connectivity index (χ3n) is 3.91. The van der Waals surface area contributed by atoms with Crippen molar-refractivity contribution in [2.24, 2.45) is 0 Å². The van der Waals surface area contributed by atoms with Crippen LogP contribution in [0.3, 0.4) is 0 Å². The number of nitrogens with one attached hydrogen (secondary N) is 1. The molecule has 3 aromatic carbocycles. The number of carboxylic acids is 1. The van der Waals surface area contributed by atoms with E-state index in [-0.39, 0.29) is 5.56 Å². The van der Waals surface area contributed by atoms with Gasteiger partial charge in [0.15, 0.2) is 0 Å². The fourth-order valence-corrected chi connectivity index (χ4v) is 2.59. The molecule has 0 fully saturated rings. The number of benzene rings is 3. The van der Waals surface area contributed by atoms with Crippen LogP contribution in [0.5, 0.6) is 0 Å². The van der Waals surface area contributed by atoms with Crippen molar-refractivity contribution in [3.8, 4) is 17.2 Å². The Balaban J connectivity index is 1.91. The molecule has 4 nitrogen and oxygen atoms in total. The SMILES string of the molecule is N#Cc1ccc(-c2cccc(C(=O)O)c2)cc1NCc1ccccc1. The molecule has 0 aliphatic carbocycles. The van der Waals surface area contributed by atoms with Gasteiger partial charge < -0.3 is 10.4 Å². The molecule has 122 valence electrons. The van der Waals surface area contributed by atoms with E-state index in [1.54, 1.807) is 24.3 Å². The van der Waals surface area contributed by atoms with Gasteiger partial charge in [-0.3, -0.25) is 0 Å². The molecule has 0 radical (unpaired) electrons. The lowest BCUT2D eigenvalue weighted by Gasteiger charge is -2.11. The molecule has 0 aliphatic rings. The van der Waals surface area contributed by atoms with Crippen LogP contribution in [-0.2, 0) is 6.54 Å². The average Bonchev–Trinajstić information content (AvgIpc) is 2.67. The number of nitriles is 1. The van der Waals surface area contributed by atoms with Gasteiger partial charge in [-0.05, 0) is 41.0 Å². The smallest absolute Gasteiger partial charge is 0.335 e. The first-order valence-electron chi connectivity index (χ1n) is 7.83. The highest BCUT2D eigenvalue weighted by Gasteiger charge is 2.08. The van der Waals surface area contributed by atoms with Gasteiger partial charge in [0, 0.05) is 6.54 Å². The van der Waals surface area contributed by atoms with Crippen LogP contribution in [0.1, 0.15) is 21.5 Å². The highest BCUT2D eigenvalue weighted by Crippen LogP contribution is 2.26. The molecule has 0 spiro atoms. The molecule has 2 N–H and O–H groups in total. The van der Waals surface area contributed by atoms with Crippen molar-refractivity contribution in [3.05, 3.63) is 89.5 Å². The Bertz CT molecular complexity index is 944. The molecule has 0 aliphatic heterocycles. The molecule has 0 heterocycles. The van der Waals surface area contributed by atoms with Gasteiger partial charge in [-0.2, -0.15) is 5.26 Å². The number of carbonyl (C=O) groups is 1. The van der Waals surface area contributed by atoms with Gasteiger partial charge in [0.2, 0.25) is 0 Å². The first-order chi connectivity index (χ1) is 12.2. The Morgan fingerprint density at radius 2 is 1.72 bits per heavy atom. The van der Waals surface area contributed by atoms with Crippen LogP contribution in [-0.4, -0.2) is 11.1 Å². The van der Waals surface area contributed by atoms with Crippen LogP contribution in [0, 0.1) is 11.3 Å². The highest BCUT2D eigenvalue weighted by atomic mass is 16.4. The summed E-state index contributed by atoms with van der Waals surface area (Å²) in [6.45, 7) is 0.605. The fraction of sp³-hybridized carbons (Fsp3) is 0.0476. The quantitative estimate of drug-likeness (QED) is 0.721.